The molecular weight excluding hydrogens is 216 g/mol. The summed E-state index contributed by atoms with van der Waals surface area (Å²) in [6.07, 6.45) is 7.04. The van der Waals surface area contributed by atoms with E-state index in [0.29, 0.717) is 5.56 Å². The van der Waals surface area contributed by atoms with Crippen molar-refractivity contribution in [1.29, 1.82) is 0 Å². The number of hydrogen-bond donors (Lipinski definition) is 1. The average Bonchev–Trinajstić information content (AvgIpc) is 2.97. The molecule has 0 unspecified atom stereocenters. The number of nitrogens with zero attached hydrogens (tertiary/aromatic N) is 3. The van der Waals surface area contributed by atoms with Gasteiger partial charge < -0.3 is 0 Å². The first-order chi connectivity index (χ1) is 8.25. The van der Waals surface area contributed by atoms with Crippen LogP contribution in [0.25, 0.3) is 16.6 Å². The molecule has 17 heavy (non-hydrogen) atoms. The number of aromatic amines is 1. The van der Waals surface area contributed by atoms with E-state index >= 15 is 0 Å². The van der Waals surface area contributed by atoms with Crippen molar-refractivity contribution in [1.82, 2.24) is 19.8 Å². The fourth-order valence-electron chi connectivity index (χ4n) is 1.83. The molecule has 0 bridgehead atoms. The van der Waals surface area contributed by atoms with E-state index in [1.54, 1.807) is 23.8 Å². The summed E-state index contributed by atoms with van der Waals surface area (Å²) in [5.41, 5.74) is 3.46. The molecule has 0 fully saturated rings. The molecule has 0 aromatic carbocycles. The van der Waals surface area contributed by atoms with Crippen molar-refractivity contribution in [2.45, 2.75) is 6.92 Å². The standard InChI is InChI=1S/C12H10N4O/c1-8(17)11-6-15-16-7-9(2-3-12(11)16)10-4-13-14-5-10/h2-7H,1H3,(H,13,14). The topological polar surface area (TPSA) is 63.1 Å². The number of rotatable bonds is 2. The molecule has 5 heteroatoms. The Balaban J connectivity index is 2.18. The molecule has 3 rings (SSSR count). The van der Waals surface area contributed by atoms with E-state index in [-0.39, 0.29) is 5.78 Å². The minimum absolute atomic E-state index is 0.0241. The number of hydrogen-bond acceptors (Lipinski definition) is 3. The highest BCUT2D eigenvalue weighted by molar-refractivity contribution is 6.00. The lowest BCUT2D eigenvalue weighted by atomic mass is 10.1. The summed E-state index contributed by atoms with van der Waals surface area (Å²) >= 11 is 0. The third-order valence-corrected chi connectivity index (χ3v) is 2.73. The lowest BCUT2D eigenvalue weighted by molar-refractivity contribution is 0.101. The van der Waals surface area contributed by atoms with Crippen molar-refractivity contribution >= 4 is 11.3 Å². The van der Waals surface area contributed by atoms with Gasteiger partial charge in [-0.15, -0.1) is 0 Å². The van der Waals surface area contributed by atoms with Crippen LogP contribution in [0.4, 0.5) is 0 Å². The molecule has 0 aliphatic heterocycles. The van der Waals surface area contributed by atoms with Gasteiger partial charge >= 0.3 is 0 Å². The molecule has 0 amide bonds. The predicted octanol–water partition coefficient (Wildman–Crippen LogP) is 1.93. The Labute approximate surface area is 97.1 Å². The molecular formula is C12H10N4O. The normalized spacial score (nSPS) is 10.9. The fraction of sp³-hybridized carbons (Fsp3) is 0.0833. The van der Waals surface area contributed by atoms with E-state index in [1.807, 2.05) is 24.5 Å². The van der Waals surface area contributed by atoms with Crippen LogP contribution in [0.5, 0.6) is 0 Å². The Kier molecular flexibility index (Phi) is 2.04. The smallest absolute Gasteiger partial charge is 0.163 e. The highest BCUT2D eigenvalue weighted by Gasteiger charge is 2.09. The molecule has 0 spiro atoms. The molecule has 0 saturated heterocycles. The second kappa shape index (κ2) is 3.55. The number of carbonyl (C=O) groups excluding carboxylic acids is 1. The van der Waals surface area contributed by atoms with Crippen LogP contribution in [-0.2, 0) is 0 Å². The molecule has 1 N–H and O–H groups in total. The van der Waals surface area contributed by atoms with Crippen molar-refractivity contribution in [3.05, 3.63) is 42.5 Å². The lowest BCUT2D eigenvalue weighted by Crippen LogP contribution is -1.92. The third-order valence-electron chi connectivity index (χ3n) is 2.73. The molecule has 0 aliphatic carbocycles. The maximum absolute atomic E-state index is 11.4. The summed E-state index contributed by atoms with van der Waals surface area (Å²) in [6.45, 7) is 1.54. The summed E-state index contributed by atoms with van der Waals surface area (Å²) in [5.74, 6) is 0.0241. The minimum Gasteiger partial charge on any atom is -0.294 e. The largest absolute Gasteiger partial charge is 0.294 e. The number of carbonyl (C=O) groups is 1. The number of pyridine rings is 1. The van der Waals surface area contributed by atoms with Crippen LogP contribution in [0.15, 0.2) is 36.9 Å². The maximum atomic E-state index is 11.4. The Hall–Kier alpha value is -2.43. The maximum Gasteiger partial charge on any atom is 0.163 e. The number of fused-ring (bicyclic) bond motifs is 1. The van der Waals surface area contributed by atoms with Crippen LogP contribution >= 0.6 is 0 Å². The molecule has 3 aromatic rings. The van der Waals surface area contributed by atoms with E-state index < -0.39 is 0 Å². The number of aromatic nitrogens is 4. The van der Waals surface area contributed by atoms with E-state index in [1.165, 1.54) is 0 Å². The van der Waals surface area contributed by atoms with Crippen LogP contribution in [0.3, 0.4) is 0 Å². The highest BCUT2D eigenvalue weighted by Crippen LogP contribution is 2.20. The van der Waals surface area contributed by atoms with E-state index in [9.17, 15) is 4.79 Å². The lowest BCUT2D eigenvalue weighted by Gasteiger charge is -1.99. The van der Waals surface area contributed by atoms with Gasteiger partial charge in [-0.2, -0.15) is 10.2 Å². The van der Waals surface area contributed by atoms with Crippen LogP contribution < -0.4 is 0 Å². The first-order valence-corrected chi connectivity index (χ1v) is 5.23. The van der Waals surface area contributed by atoms with Gasteiger partial charge in [0.15, 0.2) is 5.78 Å². The zero-order valence-corrected chi connectivity index (χ0v) is 9.21. The first kappa shape index (κ1) is 9.77. The second-order valence-corrected chi connectivity index (χ2v) is 3.85. The van der Waals surface area contributed by atoms with Crippen molar-refractivity contribution in [3.63, 3.8) is 0 Å². The number of nitrogens with one attached hydrogen (secondary N) is 1. The van der Waals surface area contributed by atoms with Crippen molar-refractivity contribution in [2.24, 2.45) is 0 Å². The van der Waals surface area contributed by atoms with Gasteiger partial charge in [-0.05, 0) is 13.0 Å². The number of ketones is 1. The SMILES string of the molecule is CC(=O)c1cnn2cc(-c3cn[nH]c3)ccc12. The predicted molar refractivity (Wildman–Crippen MR) is 62.8 cm³/mol. The van der Waals surface area contributed by atoms with Gasteiger partial charge in [0.25, 0.3) is 0 Å². The fourth-order valence-corrected chi connectivity index (χ4v) is 1.83. The highest BCUT2D eigenvalue weighted by atomic mass is 16.1. The van der Waals surface area contributed by atoms with Crippen molar-refractivity contribution in [3.8, 4) is 11.1 Å². The molecule has 0 atom stereocenters. The number of Topliss-reactive ketones (excluding diaryl/α,β-unsaturated/α-hetero) is 1. The minimum atomic E-state index is 0.0241. The summed E-state index contributed by atoms with van der Waals surface area (Å²) in [6, 6.07) is 3.85. The van der Waals surface area contributed by atoms with Gasteiger partial charge in [0.2, 0.25) is 0 Å². The monoisotopic (exact) mass is 226 g/mol. The Morgan fingerprint density at radius 1 is 1.29 bits per heavy atom. The van der Waals surface area contributed by atoms with Crippen LogP contribution in [0.1, 0.15) is 17.3 Å². The molecule has 84 valence electrons. The summed E-state index contributed by atoms with van der Waals surface area (Å²) in [7, 11) is 0. The first-order valence-electron chi connectivity index (χ1n) is 5.23. The Morgan fingerprint density at radius 3 is 2.88 bits per heavy atom. The van der Waals surface area contributed by atoms with Gasteiger partial charge in [0, 0.05) is 23.5 Å². The van der Waals surface area contributed by atoms with Crippen molar-refractivity contribution in [2.75, 3.05) is 0 Å². The van der Waals surface area contributed by atoms with E-state index in [0.717, 1.165) is 16.6 Å². The van der Waals surface area contributed by atoms with E-state index in [4.69, 9.17) is 0 Å². The van der Waals surface area contributed by atoms with Crippen LogP contribution in [-0.4, -0.2) is 25.6 Å². The molecule has 0 aliphatic rings. The van der Waals surface area contributed by atoms with Gasteiger partial charge in [-0.3, -0.25) is 9.89 Å². The van der Waals surface area contributed by atoms with Gasteiger partial charge in [-0.1, -0.05) is 6.07 Å². The molecule has 3 heterocycles. The summed E-state index contributed by atoms with van der Waals surface area (Å²) in [4.78, 5) is 11.4. The number of H-pyrrole nitrogens is 1. The Morgan fingerprint density at radius 2 is 2.18 bits per heavy atom. The molecule has 3 aromatic heterocycles. The molecule has 0 saturated carbocycles. The van der Waals surface area contributed by atoms with Gasteiger partial charge in [-0.25, -0.2) is 4.52 Å². The zero-order chi connectivity index (χ0) is 11.8. The third kappa shape index (κ3) is 1.52. The Bertz CT molecular complexity index is 682. The summed E-state index contributed by atoms with van der Waals surface area (Å²) in [5, 5.41) is 10.8. The van der Waals surface area contributed by atoms with E-state index in [2.05, 4.69) is 15.3 Å². The van der Waals surface area contributed by atoms with Crippen molar-refractivity contribution < 1.29 is 4.79 Å². The second-order valence-electron chi connectivity index (χ2n) is 3.85. The van der Waals surface area contributed by atoms with Gasteiger partial charge in [0.1, 0.15) is 0 Å². The zero-order valence-electron chi connectivity index (χ0n) is 9.21. The van der Waals surface area contributed by atoms with Crippen LogP contribution in [0, 0.1) is 0 Å². The summed E-state index contributed by atoms with van der Waals surface area (Å²) < 4.78 is 1.71. The molecule has 5 nitrogen and oxygen atoms in total. The average molecular weight is 226 g/mol. The quantitative estimate of drug-likeness (QED) is 0.679. The van der Waals surface area contributed by atoms with Crippen LogP contribution in [0.2, 0.25) is 0 Å². The van der Waals surface area contributed by atoms with Gasteiger partial charge in [0.05, 0.1) is 23.5 Å². The molecule has 0 radical (unpaired) electrons.